The van der Waals surface area contributed by atoms with E-state index in [2.05, 4.69) is 15.0 Å². The second kappa shape index (κ2) is 7.08. The molecule has 0 aliphatic heterocycles. The Morgan fingerprint density at radius 1 is 1.21 bits per heavy atom. The average Bonchev–Trinajstić information content (AvgIpc) is 3.45. The van der Waals surface area contributed by atoms with Gasteiger partial charge in [-0.3, -0.25) is 0 Å². The Labute approximate surface area is 139 Å². The summed E-state index contributed by atoms with van der Waals surface area (Å²) in [5.41, 5.74) is 0.770. The van der Waals surface area contributed by atoms with Gasteiger partial charge in [0.2, 0.25) is 0 Å². The maximum Gasteiger partial charge on any atom is 0.341 e. The molecule has 1 saturated carbocycles. The summed E-state index contributed by atoms with van der Waals surface area (Å²) in [7, 11) is 2.77. The number of aromatic nitrogens is 3. The van der Waals surface area contributed by atoms with Gasteiger partial charge in [-0.2, -0.15) is 9.97 Å². The van der Waals surface area contributed by atoms with E-state index in [4.69, 9.17) is 14.2 Å². The molecule has 7 nitrogen and oxygen atoms in total. The summed E-state index contributed by atoms with van der Waals surface area (Å²) in [5, 5.41) is 0. The van der Waals surface area contributed by atoms with Crippen LogP contribution in [0.15, 0.2) is 36.9 Å². The molecule has 0 atom stereocenters. The van der Waals surface area contributed by atoms with Crippen LogP contribution in [0.25, 0.3) is 5.57 Å². The summed E-state index contributed by atoms with van der Waals surface area (Å²) in [6, 6.07) is 7.24. The normalized spacial score (nSPS) is 14.2. The van der Waals surface area contributed by atoms with E-state index in [0.717, 1.165) is 18.7 Å². The number of carbonyl (C=O) groups is 1. The standard InChI is InChI=1S/C17H17N3O4/c1-22-9-13(16(21)23-2)12-5-3-4-6-14(12)24-17-19-10-18-15(20-17)11-7-8-11/h3-6,9-11H,7-8H2,1-2H3/b13-9+. The van der Waals surface area contributed by atoms with Crippen LogP contribution in [0, 0.1) is 0 Å². The van der Waals surface area contributed by atoms with Crippen LogP contribution >= 0.6 is 0 Å². The monoisotopic (exact) mass is 327 g/mol. The fraction of sp³-hybridized carbons (Fsp3) is 0.294. The molecular weight excluding hydrogens is 310 g/mol. The van der Waals surface area contributed by atoms with Crippen LogP contribution in [0.5, 0.6) is 11.8 Å². The number of nitrogens with zero attached hydrogens (tertiary/aromatic N) is 3. The third-order valence-corrected chi connectivity index (χ3v) is 3.53. The molecule has 1 heterocycles. The minimum atomic E-state index is -0.526. The lowest BCUT2D eigenvalue weighted by molar-refractivity contribution is -0.133. The predicted octanol–water partition coefficient (Wildman–Crippen LogP) is 2.70. The third-order valence-electron chi connectivity index (χ3n) is 3.53. The Morgan fingerprint density at radius 2 is 2.00 bits per heavy atom. The van der Waals surface area contributed by atoms with Gasteiger partial charge in [-0.05, 0) is 18.9 Å². The van der Waals surface area contributed by atoms with Crippen molar-refractivity contribution in [3.05, 3.63) is 48.2 Å². The van der Waals surface area contributed by atoms with Crippen molar-refractivity contribution in [2.24, 2.45) is 0 Å². The Bertz CT molecular complexity index is 772. The topological polar surface area (TPSA) is 83.4 Å². The molecule has 1 aromatic heterocycles. The third kappa shape index (κ3) is 3.51. The molecule has 124 valence electrons. The molecule has 1 fully saturated rings. The molecule has 24 heavy (non-hydrogen) atoms. The van der Waals surface area contributed by atoms with Crippen LogP contribution in [0.1, 0.15) is 30.1 Å². The second-order valence-corrected chi connectivity index (χ2v) is 5.26. The zero-order chi connectivity index (χ0) is 16.9. The molecule has 0 unspecified atom stereocenters. The number of hydrogen-bond donors (Lipinski definition) is 0. The first-order valence-electron chi connectivity index (χ1n) is 7.50. The van der Waals surface area contributed by atoms with E-state index in [1.165, 1.54) is 26.8 Å². The van der Waals surface area contributed by atoms with Crippen molar-refractivity contribution in [3.8, 4) is 11.8 Å². The van der Waals surface area contributed by atoms with E-state index in [-0.39, 0.29) is 11.6 Å². The van der Waals surface area contributed by atoms with E-state index < -0.39 is 5.97 Å². The number of carbonyl (C=O) groups excluding carboxylic acids is 1. The highest BCUT2D eigenvalue weighted by Crippen LogP contribution is 2.38. The maximum atomic E-state index is 12.0. The first-order valence-corrected chi connectivity index (χ1v) is 7.50. The van der Waals surface area contributed by atoms with Crippen LogP contribution in [-0.4, -0.2) is 35.1 Å². The average molecular weight is 327 g/mol. The first kappa shape index (κ1) is 15.9. The minimum absolute atomic E-state index is 0.195. The molecule has 1 aromatic carbocycles. The zero-order valence-electron chi connectivity index (χ0n) is 13.4. The number of ether oxygens (including phenoxy) is 3. The fourth-order valence-corrected chi connectivity index (χ4v) is 2.21. The lowest BCUT2D eigenvalue weighted by Crippen LogP contribution is -2.06. The van der Waals surface area contributed by atoms with Crippen molar-refractivity contribution >= 4 is 11.5 Å². The molecule has 1 aliphatic carbocycles. The van der Waals surface area contributed by atoms with Gasteiger partial charge in [0.05, 0.1) is 20.5 Å². The van der Waals surface area contributed by atoms with Crippen molar-refractivity contribution in [1.82, 2.24) is 15.0 Å². The lowest BCUT2D eigenvalue weighted by Gasteiger charge is -2.11. The van der Waals surface area contributed by atoms with Crippen LogP contribution in [0.2, 0.25) is 0 Å². The molecular formula is C17H17N3O4. The summed E-state index contributed by atoms with van der Waals surface area (Å²) >= 11 is 0. The largest absolute Gasteiger partial charge is 0.503 e. The molecule has 0 amide bonds. The van der Waals surface area contributed by atoms with E-state index in [1.54, 1.807) is 24.3 Å². The summed E-state index contributed by atoms with van der Waals surface area (Å²) in [5.74, 6) is 1.03. The van der Waals surface area contributed by atoms with E-state index >= 15 is 0 Å². The number of esters is 1. The molecule has 7 heteroatoms. The quantitative estimate of drug-likeness (QED) is 0.458. The summed E-state index contributed by atoms with van der Waals surface area (Å²) in [6.07, 6.45) is 4.92. The molecule has 3 rings (SSSR count). The van der Waals surface area contributed by atoms with Crippen molar-refractivity contribution in [2.75, 3.05) is 14.2 Å². The maximum absolute atomic E-state index is 12.0. The van der Waals surface area contributed by atoms with Crippen molar-refractivity contribution in [2.45, 2.75) is 18.8 Å². The molecule has 0 radical (unpaired) electrons. The minimum Gasteiger partial charge on any atom is -0.503 e. The van der Waals surface area contributed by atoms with Crippen LogP contribution < -0.4 is 4.74 Å². The number of benzene rings is 1. The molecule has 0 spiro atoms. The van der Waals surface area contributed by atoms with Crippen LogP contribution in [-0.2, 0) is 14.3 Å². The van der Waals surface area contributed by atoms with Gasteiger partial charge in [0.15, 0.2) is 0 Å². The highest BCUT2D eigenvalue weighted by molar-refractivity contribution is 6.17. The van der Waals surface area contributed by atoms with Crippen LogP contribution in [0.4, 0.5) is 0 Å². The van der Waals surface area contributed by atoms with E-state index in [9.17, 15) is 4.79 Å². The molecule has 0 N–H and O–H groups in total. The van der Waals surface area contributed by atoms with E-state index in [1.807, 2.05) is 0 Å². The number of para-hydroxylation sites is 1. The van der Waals surface area contributed by atoms with Gasteiger partial charge in [0.25, 0.3) is 0 Å². The molecule has 1 aliphatic rings. The SMILES string of the molecule is CO/C=C(/C(=O)OC)c1ccccc1Oc1ncnc(C2CC2)n1. The van der Waals surface area contributed by atoms with Crippen molar-refractivity contribution in [1.29, 1.82) is 0 Å². The molecule has 0 bridgehead atoms. The predicted molar refractivity (Wildman–Crippen MR) is 85.3 cm³/mol. The number of hydrogen-bond acceptors (Lipinski definition) is 7. The van der Waals surface area contributed by atoms with Gasteiger partial charge < -0.3 is 14.2 Å². The molecule has 0 saturated heterocycles. The second-order valence-electron chi connectivity index (χ2n) is 5.26. The van der Waals surface area contributed by atoms with Gasteiger partial charge in [0, 0.05) is 11.5 Å². The van der Waals surface area contributed by atoms with Gasteiger partial charge in [0.1, 0.15) is 23.5 Å². The fourth-order valence-electron chi connectivity index (χ4n) is 2.21. The van der Waals surface area contributed by atoms with Gasteiger partial charge in [-0.25, -0.2) is 9.78 Å². The molecule has 2 aromatic rings. The van der Waals surface area contributed by atoms with Crippen molar-refractivity contribution in [3.63, 3.8) is 0 Å². The number of rotatable bonds is 6. The van der Waals surface area contributed by atoms with Gasteiger partial charge in [-0.15, -0.1) is 0 Å². The van der Waals surface area contributed by atoms with Crippen LogP contribution in [0.3, 0.4) is 0 Å². The Hall–Kier alpha value is -2.96. The Kier molecular flexibility index (Phi) is 4.69. The highest BCUT2D eigenvalue weighted by Gasteiger charge is 2.27. The lowest BCUT2D eigenvalue weighted by atomic mass is 10.1. The highest BCUT2D eigenvalue weighted by atomic mass is 16.5. The number of methoxy groups -OCH3 is 2. The van der Waals surface area contributed by atoms with Gasteiger partial charge in [-0.1, -0.05) is 18.2 Å². The van der Waals surface area contributed by atoms with Gasteiger partial charge >= 0.3 is 12.0 Å². The Balaban J connectivity index is 1.92. The summed E-state index contributed by atoms with van der Waals surface area (Å²) in [4.78, 5) is 24.5. The zero-order valence-corrected chi connectivity index (χ0v) is 13.4. The van der Waals surface area contributed by atoms with Crippen molar-refractivity contribution < 1.29 is 19.0 Å². The smallest absolute Gasteiger partial charge is 0.341 e. The Morgan fingerprint density at radius 3 is 2.71 bits per heavy atom. The summed E-state index contributed by atoms with van der Waals surface area (Å²) < 4.78 is 15.6. The first-order chi connectivity index (χ1) is 11.7. The van der Waals surface area contributed by atoms with E-state index in [0.29, 0.717) is 17.2 Å². The summed E-state index contributed by atoms with van der Waals surface area (Å²) in [6.45, 7) is 0.